The Morgan fingerprint density at radius 2 is 1.87 bits per heavy atom. The van der Waals surface area contributed by atoms with Gasteiger partial charge >= 0.3 is 11.9 Å². The first kappa shape index (κ1) is 27.4. The third-order valence-corrected chi connectivity index (χ3v) is 10.8. The first-order valence-electron chi connectivity index (χ1n) is 12.9. The summed E-state index contributed by atoms with van der Waals surface area (Å²) in [6.07, 6.45) is -5.42. The van der Waals surface area contributed by atoms with Crippen molar-refractivity contribution in [2.45, 2.75) is 83.1 Å². The molecule has 3 saturated carbocycles. The van der Waals surface area contributed by atoms with Gasteiger partial charge in [-0.1, -0.05) is 26.8 Å². The highest BCUT2D eigenvalue weighted by molar-refractivity contribution is 7.11. The molecule has 11 heteroatoms. The molecule has 3 aliphatic carbocycles. The van der Waals surface area contributed by atoms with Gasteiger partial charge in [0.2, 0.25) is 11.6 Å². The topological polar surface area (TPSA) is 157 Å². The standard InChI is InChI=1S/C27H34O10S/c1-12-14(29)10-27(34)22(36-23(33)15-7-6-8-38-15)20-25(5,21(32)19(31)18(12)24(27,3)4)16(30)9-17-26(20,11-35-17)37-13(2)28/h6-8,12,14,16-18,20,22,29-30,34H,9-11H2,1-5H3/t12?,14-,16-,17+,18?,20-,22-,25+,26-,27+/m0/s1. The van der Waals surface area contributed by atoms with Crippen molar-refractivity contribution in [2.24, 2.45) is 28.6 Å². The Morgan fingerprint density at radius 1 is 1.18 bits per heavy atom. The monoisotopic (exact) mass is 550 g/mol. The second-order valence-corrected chi connectivity index (χ2v) is 13.1. The minimum atomic E-state index is -2.05. The fourth-order valence-electron chi connectivity index (χ4n) is 7.76. The number of fused-ring (bicyclic) bond motifs is 5. The highest BCUT2D eigenvalue weighted by atomic mass is 32.1. The quantitative estimate of drug-likeness (QED) is 0.370. The average Bonchev–Trinajstić information content (AvgIpc) is 3.37. The van der Waals surface area contributed by atoms with E-state index in [0.717, 1.165) is 11.3 Å². The van der Waals surface area contributed by atoms with Gasteiger partial charge in [-0.05, 0) is 24.3 Å². The summed E-state index contributed by atoms with van der Waals surface area (Å²) in [6.45, 7) is 7.29. The number of carbonyl (C=O) groups excluding carboxylic acids is 4. The van der Waals surface area contributed by atoms with Crippen LogP contribution in [0.2, 0.25) is 0 Å². The van der Waals surface area contributed by atoms with Gasteiger partial charge in [0.05, 0.1) is 30.1 Å². The normalized spacial score (nSPS) is 45.5. The summed E-state index contributed by atoms with van der Waals surface area (Å²) in [5, 5.41) is 36.7. The Labute approximate surface area is 224 Å². The number of hydrogen-bond acceptors (Lipinski definition) is 11. The van der Waals surface area contributed by atoms with Crippen molar-refractivity contribution >= 4 is 34.8 Å². The van der Waals surface area contributed by atoms with Crippen LogP contribution < -0.4 is 0 Å². The van der Waals surface area contributed by atoms with E-state index in [4.69, 9.17) is 14.2 Å². The molecule has 0 amide bonds. The van der Waals surface area contributed by atoms with Crippen LogP contribution in [0.25, 0.3) is 0 Å². The van der Waals surface area contributed by atoms with Crippen LogP contribution in [0.1, 0.15) is 57.1 Å². The van der Waals surface area contributed by atoms with E-state index in [1.165, 1.54) is 13.8 Å². The molecule has 2 heterocycles. The van der Waals surface area contributed by atoms with Gasteiger partial charge in [-0.3, -0.25) is 14.4 Å². The lowest BCUT2D eigenvalue weighted by atomic mass is 9.42. The van der Waals surface area contributed by atoms with E-state index in [1.54, 1.807) is 38.3 Å². The lowest BCUT2D eigenvalue weighted by Crippen LogP contribution is -2.82. The van der Waals surface area contributed by atoms with Crippen LogP contribution in [0.3, 0.4) is 0 Å². The van der Waals surface area contributed by atoms with Crippen LogP contribution in [-0.2, 0) is 28.6 Å². The van der Waals surface area contributed by atoms with Crippen molar-refractivity contribution < 1.29 is 48.7 Å². The molecule has 2 unspecified atom stereocenters. The minimum Gasteiger partial charge on any atom is -0.455 e. The van der Waals surface area contributed by atoms with Crippen molar-refractivity contribution in [2.75, 3.05) is 6.61 Å². The Balaban J connectivity index is 1.80. The molecule has 2 bridgehead atoms. The summed E-state index contributed by atoms with van der Waals surface area (Å²) in [4.78, 5) is 54.2. The molecule has 38 heavy (non-hydrogen) atoms. The molecular formula is C27H34O10S. The van der Waals surface area contributed by atoms with E-state index in [0.29, 0.717) is 0 Å². The van der Waals surface area contributed by atoms with Gasteiger partial charge in [0.25, 0.3) is 0 Å². The van der Waals surface area contributed by atoms with E-state index in [2.05, 4.69) is 0 Å². The van der Waals surface area contributed by atoms with Gasteiger partial charge in [0.15, 0.2) is 5.60 Å². The van der Waals surface area contributed by atoms with E-state index < -0.39 is 87.7 Å². The van der Waals surface area contributed by atoms with Crippen molar-refractivity contribution in [3.05, 3.63) is 22.4 Å². The number of ether oxygens (including phenoxy) is 3. The molecule has 1 aliphatic heterocycles. The van der Waals surface area contributed by atoms with E-state index in [-0.39, 0.29) is 24.3 Å². The molecule has 10 atom stereocenters. The maximum Gasteiger partial charge on any atom is 0.348 e. The molecular weight excluding hydrogens is 516 g/mol. The third kappa shape index (κ3) is 3.38. The van der Waals surface area contributed by atoms with E-state index in [1.807, 2.05) is 0 Å². The number of ketones is 2. The molecule has 4 fully saturated rings. The summed E-state index contributed by atoms with van der Waals surface area (Å²) in [7, 11) is 0. The lowest BCUT2D eigenvalue weighted by Gasteiger charge is -2.67. The van der Waals surface area contributed by atoms with Crippen molar-refractivity contribution in [1.82, 2.24) is 0 Å². The minimum absolute atomic E-state index is 0.102. The van der Waals surface area contributed by atoms with E-state index >= 15 is 0 Å². The fourth-order valence-corrected chi connectivity index (χ4v) is 8.36. The molecule has 0 aromatic carbocycles. The van der Waals surface area contributed by atoms with Crippen molar-refractivity contribution in [3.8, 4) is 0 Å². The summed E-state index contributed by atoms with van der Waals surface area (Å²) < 4.78 is 17.6. The lowest BCUT2D eigenvalue weighted by molar-refractivity contribution is -0.349. The fraction of sp³-hybridized carbons (Fsp3) is 0.704. The van der Waals surface area contributed by atoms with Gasteiger partial charge in [-0.2, -0.15) is 0 Å². The SMILES string of the molecule is CC(=O)O[C@@]12CO[C@@H]1C[C@H](O)[C@@]1(C)C(=O)C(=O)C3C(C)[C@@H](O)C[C@@](O)([C@@H](OC(=O)c4cccs4)[C@H]21)C3(C)C. The van der Waals surface area contributed by atoms with Crippen LogP contribution in [0, 0.1) is 28.6 Å². The number of carbonyl (C=O) groups is 4. The molecule has 1 aromatic rings. The maximum absolute atomic E-state index is 14.2. The summed E-state index contributed by atoms with van der Waals surface area (Å²) in [5.74, 6) is -6.39. The van der Waals surface area contributed by atoms with Crippen LogP contribution in [0.4, 0.5) is 0 Å². The second-order valence-electron chi connectivity index (χ2n) is 12.1. The van der Waals surface area contributed by atoms with Crippen LogP contribution in [0.5, 0.6) is 0 Å². The molecule has 1 saturated heterocycles. The first-order valence-corrected chi connectivity index (χ1v) is 13.7. The summed E-state index contributed by atoms with van der Waals surface area (Å²) >= 11 is 1.12. The molecule has 208 valence electrons. The highest BCUT2D eigenvalue weighted by Crippen LogP contribution is 2.64. The van der Waals surface area contributed by atoms with E-state index in [9.17, 15) is 34.5 Å². The summed E-state index contributed by atoms with van der Waals surface area (Å²) in [6, 6.07) is 3.21. The molecule has 0 spiro atoms. The second kappa shape index (κ2) is 8.66. The van der Waals surface area contributed by atoms with Crippen molar-refractivity contribution in [3.63, 3.8) is 0 Å². The Hall–Kier alpha value is -2.18. The molecule has 1 aromatic heterocycles. The molecule has 3 N–H and O–H groups in total. The van der Waals surface area contributed by atoms with Crippen LogP contribution in [0.15, 0.2) is 17.5 Å². The molecule has 0 radical (unpaired) electrons. The zero-order chi connectivity index (χ0) is 28.0. The zero-order valence-electron chi connectivity index (χ0n) is 22.0. The number of esters is 2. The predicted molar refractivity (Wildman–Crippen MR) is 132 cm³/mol. The largest absolute Gasteiger partial charge is 0.455 e. The average molecular weight is 551 g/mol. The van der Waals surface area contributed by atoms with Gasteiger partial charge in [-0.25, -0.2) is 4.79 Å². The Morgan fingerprint density at radius 3 is 2.42 bits per heavy atom. The number of Topliss-reactive ketones (excluding diaryl/α,β-unsaturated/α-hetero) is 2. The zero-order valence-corrected chi connectivity index (χ0v) is 22.8. The number of rotatable bonds is 3. The van der Waals surface area contributed by atoms with Gasteiger partial charge in [-0.15, -0.1) is 11.3 Å². The summed E-state index contributed by atoms with van der Waals surface area (Å²) in [5.41, 5.74) is -6.87. The molecule has 5 rings (SSSR count). The highest BCUT2D eigenvalue weighted by Gasteiger charge is 2.79. The van der Waals surface area contributed by atoms with Gasteiger partial charge in [0, 0.05) is 31.1 Å². The van der Waals surface area contributed by atoms with Crippen LogP contribution >= 0.6 is 11.3 Å². The van der Waals surface area contributed by atoms with Gasteiger partial charge < -0.3 is 29.5 Å². The molecule has 4 aliphatic rings. The number of aliphatic hydroxyl groups excluding tert-OH is 2. The number of hydrogen-bond donors (Lipinski definition) is 3. The third-order valence-electron chi connectivity index (χ3n) is 9.96. The smallest absolute Gasteiger partial charge is 0.348 e. The number of thiophene rings is 1. The van der Waals surface area contributed by atoms with Gasteiger partial charge in [0.1, 0.15) is 22.7 Å². The first-order chi connectivity index (χ1) is 17.6. The van der Waals surface area contributed by atoms with Crippen LogP contribution in [-0.4, -0.2) is 81.0 Å². The molecule has 10 nitrogen and oxygen atoms in total. The predicted octanol–water partition coefficient (Wildman–Crippen LogP) is 1.29. The maximum atomic E-state index is 14.2. The Kier molecular flexibility index (Phi) is 6.24. The number of aliphatic hydroxyl groups is 3. The van der Waals surface area contributed by atoms with Crippen molar-refractivity contribution in [1.29, 1.82) is 0 Å². The Bertz CT molecular complexity index is 1180.